The van der Waals surface area contributed by atoms with Crippen molar-refractivity contribution in [3.8, 4) is 0 Å². The normalized spacial score (nSPS) is 28.3. The Labute approximate surface area is 261 Å². The highest BCUT2D eigenvalue weighted by molar-refractivity contribution is 7.85. The number of benzene rings is 4. The Bertz CT molecular complexity index is 1460. The summed E-state index contributed by atoms with van der Waals surface area (Å²) in [5.41, 5.74) is 3.10. The topological polar surface area (TPSA) is 72.5 Å². The molecule has 1 unspecified atom stereocenters. The van der Waals surface area contributed by atoms with Gasteiger partial charge in [0.1, 0.15) is 24.4 Å². The molecule has 6 rings (SSSR count). The number of ether oxygens (including phenoxy) is 6. The van der Waals surface area contributed by atoms with Gasteiger partial charge >= 0.3 is 0 Å². The molecular formula is C36H38O7S. The molecule has 0 N–H and O–H groups in total. The van der Waals surface area contributed by atoms with E-state index in [1.807, 2.05) is 121 Å². The zero-order valence-corrected chi connectivity index (χ0v) is 25.6. The minimum Gasteiger partial charge on any atom is -0.374 e. The smallest absolute Gasteiger partial charge is 0.207 e. The summed E-state index contributed by atoms with van der Waals surface area (Å²) in [5.74, 6) is -1.11. The van der Waals surface area contributed by atoms with E-state index in [4.69, 9.17) is 28.4 Å². The van der Waals surface area contributed by atoms with E-state index in [0.29, 0.717) is 19.8 Å². The predicted octanol–water partition coefficient (Wildman–Crippen LogP) is 5.75. The third-order valence-corrected chi connectivity index (χ3v) is 9.58. The largest absolute Gasteiger partial charge is 0.374 e. The van der Waals surface area contributed by atoms with Crippen molar-refractivity contribution < 1.29 is 32.6 Å². The molecule has 2 aliphatic rings. The lowest BCUT2D eigenvalue weighted by Gasteiger charge is -2.51. The Morgan fingerprint density at radius 1 is 0.705 bits per heavy atom. The van der Waals surface area contributed by atoms with Crippen LogP contribution in [0.15, 0.2) is 121 Å². The van der Waals surface area contributed by atoms with Crippen molar-refractivity contribution in [2.24, 2.45) is 0 Å². The molecule has 7 atom stereocenters. The van der Waals surface area contributed by atoms with Gasteiger partial charge in [0.15, 0.2) is 5.44 Å². The fourth-order valence-electron chi connectivity index (χ4n) is 5.73. The molecule has 0 bridgehead atoms. The Hall–Kier alpha value is -3.21. The summed E-state index contributed by atoms with van der Waals surface area (Å²) in [6.45, 7) is 1.30. The quantitative estimate of drug-likeness (QED) is 0.201. The molecule has 4 aromatic carbocycles. The van der Waals surface area contributed by atoms with Gasteiger partial charge < -0.3 is 28.4 Å². The Balaban J connectivity index is 1.32. The lowest BCUT2D eigenvalue weighted by Crippen LogP contribution is -2.67. The third-order valence-electron chi connectivity index (χ3n) is 8.02. The SMILES string of the molecule is CO[C@]1(c2ccccc2)CS(=O)[C@@H]2O[C@H](COCc3ccccc3)[C@H](OCc3ccccc3)[C@H](OCc3ccccc3)[C@H]2O1. The van der Waals surface area contributed by atoms with Crippen LogP contribution in [0.25, 0.3) is 0 Å². The molecule has 2 saturated heterocycles. The molecule has 4 aromatic rings. The number of methoxy groups -OCH3 is 1. The van der Waals surface area contributed by atoms with Crippen LogP contribution in [-0.2, 0) is 64.8 Å². The molecule has 230 valence electrons. The first kappa shape index (κ1) is 30.8. The lowest BCUT2D eigenvalue weighted by atomic mass is 9.97. The van der Waals surface area contributed by atoms with Crippen LogP contribution in [0.5, 0.6) is 0 Å². The Morgan fingerprint density at radius 3 is 1.75 bits per heavy atom. The monoisotopic (exact) mass is 614 g/mol. The number of hydrogen-bond acceptors (Lipinski definition) is 7. The summed E-state index contributed by atoms with van der Waals surface area (Å²) in [7, 11) is 0.105. The molecule has 0 amide bonds. The van der Waals surface area contributed by atoms with Crippen molar-refractivity contribution in [1.82, 2.24) is 0 Å². The fraction of sp³-hybridized carbons (Fsp3) is 0.333. The molecule has 44 heavy (non-hydrogen) atoms. The van der Waals surface area contributed by atoms with Crippen LogP contribution >= 0.6 is 0 Å². The molecule has 7 nitrogen and oxygen atoms in total. The van der Waals surface area contributed by atoms with Crippen molar-refractivity contribution in [1.29, 1.82) is 0 Å². The minimum atomic E-state index is -1.48. The van der Waals surface area contributed by atoms with Gasteiger partial charge in [-0.2, -0.15) is 0 Å². The maximum Gasteiger partial charge on any atom is 0.207 e. The van der Waals surface area contributed by atoms with Crippen LogP contribution in [-0.4, -0.2) is 53.5 Å². The molecule has 0 radical (unpaired) electrons. The first-order valence-corrected chi connectivity index (χ1v) is 16.3. The van der Waals surface area contributed by atoms with Crippen molar-refractivity contribution in [2.75, 3.05) is 19.5 Å². The second-order valence-electron chi connectivity index (χ2n) is 11.0. The van der Waals surface area contributed by atoms with Gasteiger partial charge in [0.05, 0.1) is 43.0 Å². The van der Waals surface area contributed by atoms with Gasteiger partial charge in [0.25, 0.3) is 0 Å². The van der Waals surface area contributed by atoms with E-state index in [1.54, 1.807) is 7.11 Å². The van der Waals surface area contributed by atoms with Crippen LogP contribution in [0.3, 0.4) is 0 Å². The van der Waals surface area contributed by atoms with E-state index < -0.39 is 46.4 Å². The average Bonchev–Trinajstić information content (AvgIpc) is 3.08. The molecule has 0 aromatic heterocycles. The first-order chi connectivity index (χ1) is 21.6. The van der Waals surface area contributed by atoms with E-state index in [0.717, 1.165) is 22.3 Å². The van der Waals surface area contributed by atoms with Gasteiger partial charge in [-0.1, -0.05) is 121 Å². The summed E-state index contributed by atoms with van der Waals surface area (Å²) in [6, 6.07) is 39.5. The van der Waals surface area contributed by atoms with Crippen LogP contribution < -0.4 is 0 Å². The lowest BCUT2D eigenvalue weighted by molar-refractivity contribution is -0.322. The third kappa shape index (κ3) is 7.19. The number of hydrogen-bond donors (Lipinski definition) is 0. The van der Waals surface area contributed by atoms with Gasteiger partial charge in [-0.25, -0.2) is 0 Å². The zero-order valence-electron chi connectivity index (χ0n) is 24.7. The van der Waals surface area contributed by atoms with Crippen LogP contribution in [0.1, 0.15) is 22.3 Å². The van der Waals surface area contributed by atoms with E-state index in [9.17, 15) is 4.21 Å². The Morgan fingerprint density at radius 2 is 1.20 bits per heavy atom. The zero-order chi connectivity index (χ0) is 30.2. The second-order valence-corrected chi connectivity index (χ2v) is 12.5. The summed E-state index contributed by atoms with van der Waals surface area (Å²) in [6.07, 6.45) is -2.51. The van der Waals surface area contributed by atoms with Crippen molar-refractivity contribution in [3.63, 3.8) is 0 Å². The standard InChI is InChI=1S/C36H38O7S/c1-38-36(30-20-12-5-13-21-30)26-44(37)35-34(43-36)33(41-24-29-18-10-4-11-19-29)32(40-23-28-16-8-3-9-17-28)31(42-35)25-39-22-27-14-6-2-7-15-27/h2-21,31-35H,22-26H2,1H3/t31-,32+,33+,34-,35+,36-,44?/m1/s1. The molecule has 8 heteroatoms. The summed E-state index contributed by atoms with van der Waals surface area (Å²) < 4.78 is 52.9. The number of rotatable bonds is 12. The molecule has 2 heterocycles. The highest BCUT2D eigenvalue weighted by Gasteiger charge is 2.57. The highest BCUT2D eigenvalue weighted by Crippen LogP contribution is 2.42. The summed E-state index contributed by atoms with van der Waals surface area (Å²) in [4.78, 5) is 0. The maximum absolute atomic E-state index is 14.0. The Kier molecular flexibility index (Phi) is 10.3. The first-order valence-electron chi connectivity index (χ1n) is 14.9. The fourth-order valence-corrected chi connectivity index (χ4v) is 7.40. The van der Waals surface area contributed by atoms with Gasteiger partial charge in [-0.15, -0.1) is 0 Å². The van der Waals surface area contributed by atoms with E-state index >= 15 is 0 Å². The van der Waals surface area contributed by atoms with Gasteiger partial charge in [-0.05, 0) is 16.7 Å². The summed E-state index contributed by atoms with van der Waals surface area (Å²) >= 11 is 0. The summed E-state index contributed by atoms with van der Waals surface area (Å²) in [5, 5.41) is 0. The van der Waals surface area contributed by atoms with Gasteiger partial charge in [0.2, 0.25) is 5.79 Å². The molecule has 2 aliphatic heterocycles. The van der Waals surface area contributed by atoms with Crippen LogP contribution in [0.4, 0.5) is 0 Å². The van der Waals surface area contributed by atoms with Gasteiger partial charge in [-0.3, -0.25) is 4.21 Å². The van der Waals surface area contributed by atoms with Crippen LogP contribution in [0, 0.1) is 0 Å². The van der Waals surface area contributed by atoms with E-state index in [2.05, 4.69) is 0 Å². The molecule has 2 fully saturated rings. The van der Waals surface area contributed by atoms with E-state index in [1.165, 1.54) is 0 Å². The van der Waals surface area contributed by atoms with Gasteiger partial charge in [0, 0.05) is 12.7 Å². The number of fused-ring (bicyclic) bond motifs is 1. The van der Waals surface area contributed by atoms with Crippen molar-refractivity contribution >= 4 is 10.8 Å². The average molecular weight is 615 g/mol. The predicted molar refractivity (Wildman–Crippen MR) is 168 cm³/mol. The highest BCUT2D eigenvalue weighted by atomic mass is 32.2. The van der Waals surface area contributed by atoms with Crippen LogP contribution in [0.2, 0.25) is 0 Å². The van der Waals surface area contributed by atoms with Crippen molar-refractivity contribution in [2.45, 2.75) is 55.5 Å². The van der Waals surface area contributed by atoms with Crippen molar-refractivity contribution in [3.05, 3.63) is 144 Å². The maximum atomic E-state index is 14.0. The second kappa shape index (κ2) is 14.7. The molecule has 0 spiro atoms. The molecule has 0 saturated carbocycles. The molecule has 0 aliphatic carbocycles. The molecular weight excluding hydrogens is 576 g/mol. The minimum absolute atomic E-state index is 0.118. The van der Waals surface area contributed by atoms with E-state index in [-0.39, 0.29) is 12.4 Å².